The van der Waals surface area contributed by atoms with Crippen LogP contribution in [0.15, 0.2) is 24.3 Å². The van der Waals surface area contributed by atoms with E-state index in [1.54, 1.807) is 24.3 Å². The summed E-state index contributed by atoms with van der Waals surface area (Å²) in [5.74, 6) is -0.861. The Labute approximate surface area is 224 Å². The molecule has 2 bridgehead atoms. The lowest BCUT2D eigenvalue weighted by atomic mass is 9.70. The SMILES string of the molecule is CC1(C)[C@@H]2CC[C@@]1(CS(=O)(=O)NC(Cc1cccc(C(=N)N)c1)C(=O)N1CCN(S(C)(=O)=O)CC1)C(=O)C2. The van der Waals surface area contributed by atoms with Gasteiger partial charge in [0, 0.05) is 43.6 Å². The first kappa shape index (κ1) is 28.7. The van der Waals surface area contributed by atoms with E-state index in [-0.39, 0.29) is 55.9 Å². The lowest BCUT2D eigenvalue weighted by molar-refractivity contribution is -0.134. The van der Waals surface area contributed by atoms with E-state index in [4.69, 9.17) is 11.1 Å². The second-order valence-electron chi connectivity index (χ2n) is 11.4. The van der Waals surface area contributed by atoms with Gasteiger partial charge in [-0.05, 0) is 42.2 Å². The van der Waals surface area contributed by atoms with Crippen molar-refractivity contribution in [1.82, 2.24) is 13.9 Å². The summed E-state index contributed by atoms with van der Waals surface area (Å²) in [6.07, 6.45) is 2.82. The molecule has 0 spiro atoms. The molecule has 3 atom stereocenters. The van der Waals surface area contributed by atoms with Crippen LogP contribution in [-0.2, 0) is 36.1 Å². The third-order valence-electron chi connectivity index (χ3n) is 8.89. The van der Waals surface area contributed by atoms with Gasteiger partial charge < -0.3 is 10.6 Å². The number of sulfonamides is 2. The van der Waals surface area contributed by atoms with Crippen molar-refractivity contribution in [3.05, 3.63) is 35.4 Å². The van der Waals surface area contributed by atoms with E-state index in [2.05, 4.69) is 4.72 Å². The molecule has 1 aromatic carbocycles. The van der Waals surface area contributed by atoms with Crippen LogP contribution in [0.25, 0.3) is 0 Å². The summed E-state index contributed by atoms with van der Waals surface area (Å²) in [7, 11) is -7.47. The molecule has 4 rings (SSSR count). The molecule has 1 unspecified atom stereocenters. The fourth-order valence-electron chi connectivity index (χ4n) is 6.43. The first-order valence-electron chi connectivity index (χ1n) is 12.8. The van der Waals surface area contributed by atoms with Crippen molar-refractivity contribution in [3.63, 3.8) is 0 Å². The van der Waals surface area contributed by atoms with Gasteiger partial charge in [-0.1, -0.05) is 32.0 Å². The Morgan fingerprint density at radius 3 is 2.37 bits per heavy atom. The number of carbonyl (C=O) groups is 2. The van der Waals surface area contributed by atoms with E-state index >= 15 is 0 Å². The number of fused-ring (bicyclic) bond motifs is 2. The Morgan fingerprint density at radius 2 is 1.84 bits per heavy atom. The molecular weight excluding hydrogens is 530 g/mol. The standard InChI is InChI=1S/C25H37N5O6S2/c1-24(2)19-7-8-25(24,21(31)15-19)16-38(35,36)28-20(14-17-5-4-6-18(13-17)22(26)27)23(32)29-9-11-30(12-10-29)37(3,33)34/h4-6,13,19-20,28H,7-12,14-16H2,1-3H3,(H3,26,27)/t19-,20?,25-/m1/s1. The molecule has 1 saturated heterocycles. The van der Waals surface area contributed by atoms with E-state index < -0.39 is 42.8 Å². The summed E-state index contributed by atoms with van der Waals surface area (Å²) in [5, 5.41) is 7.71. The number of nitrogens with two attached hydrogens (primary N) is 1. The molecule has 2 saturated carbocycles. The Morgan fingerprint density at radius 1 is 1.18 bits per heavy atom. The molecule has 3 fully saturated rings. The lowest BCUT2D eigenvalue weighted by Gasteiger charge is -2.37. The number of piperazine rings is 1. The van der Waals surface area contributed by atoms with E-state index in [0.717, 1.165) is 12.7 Å². The number of hydrogen-bond donors (Lipinski definition) is 3. The first-order valence-corrected chi connectivity index (χ1v) is 16.3. The van der Waals surface area contributed by atoms with Crippen molar-refractivity contribution < 1.29 is 26.4 Å². The summed E-state index contributed by atoms with van der Waals surface area (Å²) < 4.78 is 54.8. The highest BCUT2D eigenvalue weighted by Gasteiger charge is 2.65. The van der Waals surface area contributed by atoms with Gasteiger partial charge in [0.1, 0.15) is 17.7 Å². The second-order valence-corrected chi connectivity index (χ2v) is 15.1. The lowest BCUT2D eigenvalue weighted by Crippen LogP contribution is -2.57. The summed E-state index contributed by atoms with van der Waals surface area (Å²) in [6.45, 7) is 4.43. The van der Waals surface area contributed by atoms with E-state index in [1.165, 1.54) is 9.21 Å². The van der Waals surface area contributed by atoms with Crippen LogP contribution in [0.3, 0.4) is 0 Å². The molecule has 0 radical (unpaired) electrons. The van der Waals surface area contributed by atoms with Gasteiger partial charge in [0.25, 0.3) is 0 Å². The number of carbonyl (C=O) groups excluding carboxylic acids is 2. The molecule has 4 N–H and O–H groups in total. The third-order valence-corrected chi connectivity index (χ3v) is 11.7. The molecule has 0 aromatic heterocycles. The molecule has 2 aliphatic carbocycles. The Kier molecular flexibility index (Phi) is 7.54. The molecule has 1 aromatic rings. The molecule has 1 heterocycles. The molecule has 11 nitrogen and oxygen atoms in total. The van der Waals surface area contributed by atoms with Crippen LogP contribution in [0.5, 0.6) is 0 Å². The number of rotatable bonds is 9. The number of ketones is 1. The van der Waals surface area contributed by atoms with Gasteiger partial charge >= 0.3 is 0 Å². The van der Waals surface area contributed by atoms with Crippen molar-refractivity contribution in [1.29, 1.82) is 5.41 Å². The van der Waals surface area contributed by atoms with Gasteiger partial charge in [-0.25, -0.2) is 21.6 Å². The minimum atomic E-state index is -4.07. The predicted octanol–water partition coefficient (Wildman–Crippen LogP) is 0.300. The molecule has 13 heteroatoms. The topological polar surface area (TPSA) is 171 Å². The highest BCUT2D eigenvalue weighted by atomic mass is 32.2. The number of nitrogen functional groups attached to an aromatic ring is 1. The molecule has 1 amide bonds. The van der Waals surface area contributed by atoms with Crippen molar-refractivity contribution in [2.45, 2.75) is 45.6 Å². The van der Waals surface area contributed by atoms with Crippen LogP contribution in [-0.4, -0.2) is 87.8 Å². The summed E-state index contributed by atoms with van der Waals surface area (Å²) in [4.78, 5) is 28.1. The average Bonchev–Trinajstić information content (AvgIpc) is 3.17. The second kappa shape index (κ2) is 10.00. The quantitative estimate of drug-likeness (QED) is 0.284. The van der Waals surface area contributed by atoms with E-state index in [9.17, 15) is 26.4 Å². The smallest absolute Gasteiger partial charge is 0.241 e. The first-order chi connectivity index (χ1) is 17.6. The number of nitrogens with one attached hydrogen (secondary N) is 2. The molecule has 210 valence electrons. The number of hydrogen-bond acceptors (Lipinski definition) is 7. The zero-order valence-corrected chi connectivity index (χ0v) is 23.7. The maximum Gasteiger partial charge on any atom is 0.241 e. The normalized spacial score (nSPS) is 26.4. The largest absolute Gasteiger partial charge is 0.384 e. The predicted molar refractivity (Wildman–Crippen MR) is 143 cm³/mol. The number of benzene rings is 1. The van der Waals surface area contributed by atoms with Crippen LogP contribution in [0.1, 0.15) is 44.2 Å². The molecular formula is C25H37N5O6S2. The Bertz CT molecular complexity index is 1350. The molecule has 3 aliphatic rings. The maximum absolute atomic E-state index is 13.6. The fraction of sp³-hybridized carbons (Fsp3) is 0.640. The Hall–Kier alpha value is -2.35. The van der Waals surface area contributed by atoms with Gasteiger partial charge in [-0.15, -0.1) is 0 Å². The molecule has 38 heavy (non-hydrogen) atoms. The van der Waals surface area contributed by atoms with Crippen molar-refractivity contribution in [2.75, 3.05) is 38.2 Å². The van der Waals surface area contributed by atoms with Gasteiger partial charge in [0.05, 0.1) is 12.0 Å². The molecule has 1 aliphatic heterocycles. The van der Waals surface area contributed by atoms with Crippen LogP contribution in [0.2, 0.25) is 0 Å². The van der Waals surface area contributed by atoms with Gasteiger partial charge in [-0.2, -0.15) is 4.31 Å². The van der Waals surface area contributed by atoms with Crippen LogP contribution in [0, 0.1) is 22.2 Å². The fourth-order valence-corrected chi connectivity index (χ4v) is 9.29. The van der Waals surface area contributed by atoms with Gasteiger partial charge in [0.15, 0.2) is 0 Å². The third kappa shape index (κ3) is 5.38. The van der Waals surface area contributed by atoms with Crippen LogP contribution in [0.4, 0.5) is 0 Å². The number of Topliss-reactive ketones (excluding diaryl/α,β-unsaturated/α-hetero) is 1. The minimum absolute atomic E-state index is 0.0123. The maximum atomic E-state index is 13.6. The van der Waals surface area contributed by atoms with Gasteiger partial charge in [-0.3, -0.25) is 15.0 Å². The zero-order valence-electron chi connectivity index (χ0n) is 22.1. The summed E-state index contributed by atoms with van der Waals surface area (Å²) >= 11 is 0. The highest BCUT2D eigenvalue weighted by molar-refractivity contribution is 7.89. The average molecular weight is 568 g/mol. The Balaban J connectivity index is 1.58. The van der Waals surface area contributed by atoms with Crippen molar-refractivity contribution >= 4 is 37.6 Å². The minimum Gasteiger partial charge on any atom is -0.384 e. The zero-order chi connectivity index (χ0) is 28.1. The van der Waals surface area contributed by atoms with E-state index in [1.807, 2.05) is 13.8 Å². The number of amides is 1. The van der Waals surface area contributed by atoms with Crippen molar-refractivity contribution in [3.8, 4) is 0 Å². The number of nitrogens with zero attached hydrogens (tertiary/aromatic N) is 2. The van der Waals surface area contributed by atoms with E-state index in [0.29, 0.717) is 24.0 Å². The highest BCUT2D eigenvalue weighted by Crippen LogP contribution is 2.64. The summed E-state index contributed by atoms with van der Waals surface area (Å²) in [6, 6.07) is 5.54. The van der Waals surface area contributed by atoms with Gasteiger partial charge in [0.2, 0.25) is 26.0 Å². The van der Waals surface area contributed by atoms with Crippen LogP contribution < -0.4 is 10.5 Å². The number of amidine groups is 1. The van der Waals surface area contributed by atoms with Crippen molar-refractivity contribution in [2.24, 2.45) is 22.5 Å². The summed E-state index contributed by atoms with van der Waals surface area (Å²) in [5.41, 5.74) is 5.25. The monoisotopic (exact) mass is 567 g/mol. The van der Waals surface area contributed by atoms with Crippen LogP contribution >= 0.6 is 0 Å².